The van der Waals surface area contributed by atoms with E-state index in [1.807, 2.05) is 0 Å². The molecule has 96 valence electrons. The van der Waals surface area contributed by atoms with Crippen LogP contribution in [0.2, 0.25) is 0 Å². The molecule has 3 heteroatoms. The number of rotatable bonds is 3. The lowest BCUT2D eigenvalue weighted by atomic mass is 10.1. The van der Waals surface area contributed by atoms with Crippen LogP contribution >= 0.6 is 0 Å². The van der Waals surface area contributed by atoms with E-state index in [9.17, 15) is 0 Å². The van der Waals surface area contributed by atoms with Gasteiger partial charge in [0.05, 0.1) is 0 Å². The highest BCUT2D eigenvalue weighted by Crippen LogP contribution is 2.20. The van der Waals surface area contributed by atoms with Gasteiger partial charge in [0.25, 0.3) is 0 Å². The minimum absolute atomic E-state index is 0.932. The lowest BCUT2D eigenvalue weighted by Gasteiger charge is -2.27. The summed E-state index contributed by atoms with van der Waals surface area (Å²) in [6.45, 7) is 3.30. The summed E-state index contributed by atoms with van der Waals surface area (Å²) in [5, 5.41) is 3.73. The van der Waals surface area contributed by atoms with Gasteiger partial charge in [-0.15, -0.1) is 0 Å². The SMILES string of the molecule is Cn1cc(CNN2CCCCC2)c2ccccc21. The van der Waals surface area contributed by atoms with Crippen molar-refractivity contribution in [2.24, 2.45) is 7.05 Å². The Morgan fingerprint density at radius 1 is 1.11 bits per heavy atom. The molecule has 18 heavy (non-hydrogen) atoms. The Morgan fingerprint density at radius 3 is 2.72 bits per heavy atom. The molecule has 0 spiro atoms. The first kappa shape index (κ1) is 11.8. The van der Waals surface area contributed by atoms with Crippen LogP contribution in [0.4, 0.5) is 0 Å². The molecule has 0 amide bonds. The maximum atomic E-state index is 3.56. The summed E-state index contributed by atoms with van der Waals surface area (Å²) in [7, 11) is 2.12. The fraction of sp³-hybridized carbons (Fsp3) is 0.467. The average molecular weight is 243 g/mol. The predicted octanol–water partition coefficient (Wildman–Crippen LogP) is 2.67. The van der Waals surface area contributed by atoms with Gasteiger partial charge in [-0.3, -0.25) is 5.43 Å². The van der Waals surface area contributed by atoms with Crippen molar-refractivity contribution in [3.63, 3.8) is 0 Å². The molecule has 3 rings (SSSR count). The van der Waals surface area contributed by atoms with Crippen molar-refractivity contribution >= 4 is 10.9 Å². The van der Waals surface area contributed by atoms with Crippen LogP contribution in [0.3, 0.4) is 0 Å². The van der Waals surface area contributed by atoms with Crippen molar-refractivity contribution in [2.45, 2.75) is 25.8 Å². The molecule has 0 radical (unpaired) electrons. The Kier molecular flexibility index (Phi) is 3.35. The van der Waals surface area contributed by atoms with Crippen LogP contribution < -0.4 is 5.43 Å². The second-order valence-electron chi connectivity index (χ2n) is 5.16. The van der Waals surface area contributed by atoms with Crippen LogP contribution in [-0.4, -0.2) is 22.7 Å². The number of nitrogens with zero attached hydrogens (tertiary/aromatic N) is 2. The first-order chi connectivity index (χ1) is 8.84. The van der Waals surface area contributed by atoms with Crippen LogP contribution in [0.15, 0.2) is 30.5 Å². The molecule has 0 aliphatic carbocycles. The topological polar surface area (TPSA) is 20.2 Å². The van der Waals surface area contributed by atoms with Gasteiger partial charge in [-0.05, 0) is 24.5 Å². The molecule has 1 N–H and O–H groups in total. The second kappa shape index (κ2) is 5.12. The van der Waals surface area contributed by atoms with Gasteiger partial charge in [-0.2, -0.15) is 0 Å². The summed E-state index contributed by atoms with van der Waals surface area (Å²) in [6.07, 6.45) is 6.26. The van der Waals surface area contributed by atoms with Gasteiger partial charge < -0.3 is 4.57 Å². The Balaban J connectivity index is 1.74. The van der Waals surface area contributed by atoms with Crippen molar-refractivity contribution in [2.75, 3.05) is 13.1 Å². The van der Waals surface area contributed by atoms with Crippen LogP contribution in [0.25, 0.3) is 10.9 Å². The van der Waals surface area contributed by atoms with Gasteiger partial charge in [0, 0.05) is 43.8 Å². The number of para-hydroxylation sites is 1. The zero-order valence-electron chi connectivity index (χ0n) is 11.0. The van der Waals surface area contributed by atoms with Gasteiger partial charge >= 0.3 is 0 Å². The molecule has 1 aliphatic rings. The summed E-state index contributed by atoms with van der Waals surface area (Å²) >= 11 is 0. The largest absolute Gasteiger partial charge is 0.350 e. The number of benzene rings is 1. The molecule has 2 aromatic rings. The van der Waals surface area contributed by atoms with E-state index in [4.69, 9.17) is 0 Å². The standard InChI is InChI=1S/C15H21N3/c1-17-12-13(14-7-3-4-8-15(14)17)11-16-18-9-5-2-6-10-18/h3-4,7-8,12,16H,2,5-6,9-11H2,1H3. The molecule has 0 unspecified atom stereocenters. The van der Waals surface area contributed by atoms with E-state index in [1.165, 1.54) is 48.8 Å². The van der Waals surface area contributed by atoms with E-state index in [2.05, 4.69) is 52.5 Å². The molecule has 1 fully saturated rings. The minimum atomic E-state index is 0.932. The molecule has 0 saturated carbocycles. The maximum absolute atomic E-state index is 3.56. The van der Waals surface area contributed by atoms with Crippen molar-refractivity contribution < 1.29 is 0 Å². The molecule has 1 aromatic carbocycles. The van der Waals surface area contributed by atoms with Crippen LogP contribution in [0, 0.1) is 0 Å². The highest BCUT2D eigenvalue weighted by atomic mass is 15.5. The average Bonchev–Trinajstić information content (AvgIpc) is 2.75. The summed E-state index contributed by atoms with van der Waals surface area (Å²) in [4.78, 5) is 0. The van der Waals surface area contributed by atoms with Crippen molar-refractivity contribution in [3.05, 3.63) is 36.0 Å². The van der Waals surface area contributed by atoms with E-state index in [-0.39, 0.29) is 0 Å². The van der Waals surface area contributed by atoms with Crippen molar-refractivity contribution in [1.29, 1.82) is 0 Å². The quantitative estimate of drug-likeness (QED) is 0.894. The summed E-state index contributed by atoms with van der Waals surface area (Å²) in [5.74, 6) is 0. The Hall–Kier alpha value is -1.32. The van der Waals surface area contributed by atoms with Gasteiger partial charge in [-0.1, -0.05) is 24.6 Å². The number of aryl methyl sites for hydroxylation is 1. The van der Waals surface area contributed by atoms with Crippen LogP contribution in [-0.2, 0) is 13.6 Å². The highest BCUT2D eigenvalue weighted by Gasteiger charge is 2.11. The lowest BCUT2D eigenvalue weighted by Crippen LogP contribution is -2.41. The second-order valence-corrected chi connectivity index (χ2v) is 5.16. The van der Waals surface area contributed by atoms with E-state index in [0.717, 1.165) is 6.54 Å². The number of nitrogens with one attached hydrogen (secondary N) is 1. The van der Waals surface area contributed by atoms with Crippen molar-refractivity contribution in [1.82, 2.24) is 15.0 Å². The van der Waals surface area contributed by atoms with Gasteiger partial charge in [0.15, 0.2) is 0 Å². The van der Waals surface area contributed by atoms with Gasteiger partial charge in [-0.25, -0.2) is 5.01 Å². The fourth-order valence-corrected chi connectivity index (χ4v) is 2.82. The number of hydrogen-bond acceptors (Lipinski definition) is 2. The maximum Gasteiger partial charge on any atom is 0.0481 e. The number of aromatic nitrogens is 1. The smallest absolute Gasteiger partial charge is 0.0481 e. The fourth-order valence-electron chi connectivity index (χ4n) is 2.82. The van der Waals surface area contributed by atoms with Gasteiger partial charge in [0.1, 0.15) is 0 Å². The molecule has 1 aliphatic heterocycles. The minimum Gasteiger partial charge on any atom is -0.350 e. The molecular weight excluding hydrogens is 222 g/mol. The van der Waals surface area contributed by atoms with E-state index in [0.29, 0.717) is 0 Å². The third-order valence-corrected chi connectivity index (χ3v) is 3.83. The van der Waals surface area contributed by atoms with Crippen LogP contribution in [0.1, 0.15) is 24.8 Å². The number of fused-ring (bicyclic) bond motifs is 1. The summed E-state index contributed by atoms with van der Waals surface area (Å²) in [6, 6.07) is 8.61. The number of piperidine rings is 1. The number of hydrogen-bond donors (Lipinski definition) is 1. The lowest BCUT2D eigenvalue weighted by molar-refractivity contribution is 0.151. The first-order valence-electron chi connectivity index (χ1n) is 6.86. The predicted molar refractivity (Wildman–Crippen MR) is 75.2 cm³/mol. The Morgan fingerprint density at radius 2 is 1.89 bits per heavy atom. The molecule has 1 aromatic heterocycles. The Labute approximate surface area is 108 Å². The van der Waals surface area contributed by atoms with E-state index in [1.54, 1.807) is 0 Å². The highest BCUT2D eigenvalue weighted by molar-refractivity contribution is 5.83. The molecule has 1 saturated heterocycles. The molecule has 3 nitrogen and oxygen atoms in total. The first-order valence-corrected chi connectivity index (χ1v) is 6.86. The van der Waals surface area contributed by atoms with Crippen molar-refractivity contribution in [3.8, 4) is 0 Å². The van der Waals surface area contributed by atoms with E-state index < -0.39 is 0 Å². The molecule has 0 bridgehead atoms. The zero-order valence-corrected chi connectivity index (χ0v) is 11.0. The normalized spacial score (nSPS) is 17.4. The summed E-state index contributed by atoms with van der Waals surface area (Å²) < 4.78 is 2.21. The molecular formula is C15H21N3. The molecule has 0 atom stereocenters. The Bertz CT molecular complexity index is 524. The van der Waals surface area contributed by atoms with Gasteiger partial charge in [0.2, 0.25) is 0 Å². The molecule has 2 heterocycles. The summed E-state index contributed by atoms with van der Waals surface area (Å²) in [5.41, 5.74) is 6.26. The third-order valence-electron chi connectivity index (χ3n) is 3.83. The number of hydrazine groups is 1. The van der Waals surface area contributed by atoms with Crippen LogP contribution in [0.5, 0.6) is 0 Å². The monoisotopic (exact) mass is 243 g/mol. The van der Waals surface area contributed by atoms with E-state index >= 15 is 0 Å². The zero-order chi connectivity index (χ0) is 12.4. The third kappa shape index (κ3) is 2.28.